The highest BCUT2D eigenvalue weighted by Crippen LogP contribution is 2.24. The molecule has 0 unspecified atom stereocenters. The standard InChI is InChI=1S/C9H15F3O2/c1-4-5-6-8(2,3)14-7(13)9(10,11)12/h4-6H2,1-3H3. The summed E-state index contributed by atoms with van der Waals surface area (Å²) in [7, 11) is 0. The molecular weight excluding hydrogens is 197 g/mol. The van der Waals surface area contributed by atoms with Crippen LogP contribution in [0.15, 0.2) is 0 Å². The average Bonchev–Trinajstić information content (AvgIpc) is 1.98. The number of carbonyl (C=O) groups excluding carboxylic acids is 1. The minimum Gasteiger partial charge on any atom is -0.453 e. The molecule has 0 heterocycles. The molecule has 0 spiro atoms. The largest absolute Gasteiger partial charge is 0.490 e. The molecule has 2 nitrogen and oxygen atoms in total. The number of unbranched alkanes of at least 4 members (excludes halogenated alkanes) is 1. The van der Waals surface area contributed by atoms with Crippen LogP contribution in [0.2, 0.25) is 0 Å². The molecule has 5 heteroatoms. The number of halogens is 3. The Morgan fingerprint density at radius 1 is 1.29 bits per heavy atom. The average molecular weight is 212 g/mol. The fourth-order valence-corrected chi connectivity index (χ4v) is 0.962. The fraction of sp³-hybridized carbons (Fsp3) is 0.889. The number of rotatable bonds is 4. The third-order valence-electron chi connectivity index (χ3n) is 1.73. The van der Waals surface area contributed by atoms with Gasteiger partial charge in [-0.15, -0.1) is 0 Å². The van der Waals surface area contributed by atoms with E-state index in [0.717, 1.165) is 12.8 Å². The molecule has 14 heavy (non-hydrogen) atoms. The molecule has 0 saturated carbocycles. The summed E-state index contributed by atoms with van der Waals surface area (Å²) in [6, 6.07) is 0. The van der Waals surface area contributed by atoms with Gasteiger partial charge >= 0.3 is 12.1 Å². The zero-order chi connectivity index (χ0) is 11.4. The number of ether oxygens (including phenoxy) is 1. The Morgan fingerprint density at radius 2 is 1.79 bits per heavy atom. The number of hydrogen-bond acceptors (Lipinski definition) is 2. The van der Waals surface area contributed by atoms with E-state index in [-0.39, 0.29) is 0 Å². The van der Waals surface area contributed by atoms with Crippen LogP contribution in [0, 0.1) is 0 Å². The van der Waals surface area contributed by atoms with Crippen LogP contribution in [0.4, 0.5) is 13.2 Å². The predicted molar refractivity (Wildman–Crippen MR) is 45.8 cm³/mol. The maximum atomic E-state index is 11.8. The summed E-state index contributed by atoms with van der Waals surface area (Å²) in [5.74, 6) is -2.11. The Hall–Kier alpha value is -0.740. The Bertz CT molecular complexity index is 197. The molecule has 0 amide bonds. The Kier molecular flexibility index (Phi) is 4.42. The maximum Gasteiger partial charge on any atom is 0.490 e. The lowest BCUT2D eigenvalue weighted by Crippen LogP contribution is -2.35. The van der Waals surface area contributed by atoms with Crippen molar-refractivity contribution in [1.82, 2.24) is 0 Å². The first kappa shape index (κ1) is 13.3. The van der Waals surface area contributed by atoms with E-state index in [9.17, 15) is 18.0 Å². The van der Waals surface area contributed by atoms with E-state index >= 15 is 0 Å². The van der Waals surface area contributed by atoms with Gasteiger partial charge in [0.25, 0.3) is 0 Å². The van der Waals surface area contributed by atoms with Crippen LogP contribution in [0.3, 0.4) is 0 Å². The fourth-order valence-electron chi connectivity index (χ4n) is 0.962. The molecule has 0 aromatic heterocycles. The van der Waals surface area contributed by atoms with Crippen LogP contribution in [0.1, 0.15) is 40.0 Å². The van der Waals surface area contributed by atoms with Crippen molar-refractivity contribution in [3.05, 3.63) is 0 Å². The van der Waals surface area contributed by atoms with Crippen LogP contribution < -0.4 is 0 Å². The molecule has 0 fully saturated rings. The predicted octanol–water partition coefficient (Wildman–Crippen LogP) is 3.06. The van der Waals surface area contributed by atoms with Crippen molar-refractivity contribution < 1.29 is 22.7 Å². The second-order valence-electron chi connectivity index (χ2n) is 3.75. The van der Waals surface area contributed by atoms with Gasteiger partial charge in [0, 0.05) is 0 Å². The molecular formula is C9H15F3O2. The van der Waals surface area contributed by atoms with Crippen molar-refractivity contribution in [2.75, 3.05) is 0 Å². The van der Waals surface area contributed by atoms with Crippen LogP contribution in [-0.2, 0) is 9.53 Å². The molecule has 0 atom stereocenters. The Morgan fingerprint density at radius 3 is 2.14 bits per heavy atom. The van der Waals surface area contributed by atoms with Crippen molar-refractivity contribution >= 4 is 5.97 Å². The van der Waals surface area contributed by atoms with E-state index in [4.69, 9.17) is 0 Å². The van der Waals surface area contributed by atoms with Gasteiger partial charge in [0.05, 0.1) is 0 Å². The van der Waals surface area contributed by atoms with E-state index < -0.39 is 17.7 Å². The van der Waals surface area contributed by atoms with Gasteiger partial charge < -0.3 is 4.74 Å². The molecule has 0 bridgehead atoms. The molecule has 84 valence electrons. The summed E-state index contributed by atoms with van der Waals surface area (Å²) < 4.78 is 39.8. The second kappa shape index (κ2) is 4.66. The third kappa shape index (κ3) is 5.09. The van der Waals surface area contributed by atoms with Crippen LogP contribution >= 0.6 is 0 Å². The summed E-state index contributed by atoms with van der Waals surface area (Å²) in [4.78, 5) is 10.5. The highest BCUT2D eigenvalue weighted by molar-refractivity contribution is 5.76. The van der Waals surface area contributed by atoms with Crippen LogP contribution in [0.5, 0.6) is 0 Å². The van der Waals surface area contributed by atoms with Crippen molar-refractivity contribution in [3.8, 4) is 0 Å². The third-order valence-corrected chi connectivity index (χ3v) is 1.73. The van der Waals surface area contributed by atoms with Crippen LogP contribution in [-0.4, -0.2) is 17.7 Å². The molecule has 0 rings (SSSR count). The van der Waals surface area contributed by atoms with Crippen molar-refractivity contribution in [1.29, 1.82) is 0 Å². The number of esters is 1. The maximum absolute atomic E-state index is 11.8. The lowest BCUT2D eigenvalue weighted by molar-refractivity contribution is -0.212. The summed E-state index contributed by atoms with van der Waals surface area (Å²) in [5, 5.41) is 0. The SMILES string of the molecule is CCCCC(C)(C)OC(=O)C(F)(F)F. The molecule has 0 aliphatic carbocycles. The highest BCUT2D eigenvalue weighted by Gasteiger charge is 2.43. The molecule has 0 aromatic carbocycles. The van der Waals surface area contributed by atoms with Gasteiger partial charge in [-0.1, -0.05) is 13.3 Å². The van der Waals surface area contributed by atoms with Gasteiger partial charge in [-0.25, -0.2) is 4.79 Å². The van der Waals surface area contributed by atoms with E-state index in [2.05, 4.69) is 4.74 Å². The first-order chi connectivity index (χ1) is 6.19. The summed E-state index contributed by atoms with van der Waals surface area (Å²) in [5.41, 5.74) is -1.04. The zero-order valence-corrected chi connectivity index (χ0v) is 8.57. The molecule has 0 aromatic rings. The topological polar surface area (TPSA) is 26.3 Å². The summed E-state index contributed by atoms with van der Waals surface area (Å²) in [6.45, 7) is 4.88. The van der Waals surface area contributed by atoms with Gasteiger partial charge in [0.2, 0.25) is 0 Å². The first-order valence-corrected chi connectivity index (χ1v) is 4.49. The minimum absolute atomic E-state index is 0.436. The smallest absolute Gasteiger partial charge is 0.453 e. The van der Waals surface area contributed by atoms with Gasteiger partial charge in [-0.2, -0.15) is 13.2 Å². The minimum atomic E-state index is -4.90. The molecule has 0 aliphatic rings. The Balaban J connectivity index is 4.15. The second-order valence-corrected chi connectivity index (χ2v) is 3.75. The van der Waals surface area contributed by atoms with Crippen molar-refractivity contribution in [2.24, 2.45) is 0 Å². The first-order valence-electron chi connectivity index (χ1n) is 4.49. The number of carbonyl (C=O) groups is 1. The van der Waals surface area contributed by atoms with E-state index in [1.54, 1.807) is 0 Å². The van der Waals surface area contributed by atoms with Crippen LogP contribution in [0.25, 0.3) is 0 Å². The molecule has 0 N–H and O–H groups in total. The van der Waals surface area contributed by atoms with E-state index in [0.29, 0.717) is 6.42 Å². The zero-order valence-electron chi connectivity index (χ0n) is 8.57. The summed E-state index contributed by atoms with van der Waals surface area (Å²) >= 11 is 0. The molecule has 0 aliphatic heterocycles. The van der Waals surface area contributed by atoms with Gasteiger partial charge in [-0.05, 0) is 26.7 Å². The van der Waals surface area contributed by atoms with E-state index in [1.165, 1.54) is 13.8 Å². The highest BCUT2D eigenvalue weighted by atomic mass is 19.4. The number of hydrogen-bond donors (Lipinski definition) is 0. The van der Waals surface area contributed by atoms with Gasteiger partial charge in [0.1, 0.15) is 5.60 Å². The van der Waals surface area contributed by atoms with Gasteiger partial charge in [-0.3, -0.25) is 0 Å². The molecule has 0 radical (unpaired) electrons. The van der Waals surface area contributed by atoms with Crippen molar-refractivity contribution in [3.63, 3.8) is 0 Å². The van der Waals surface area contributed by atoms with Crippen molar-refractivity contribution in [2.45, 2.75) is 51.8 Å². The lowest BCUT2D eigenvalue weighted by Gasteiger charge is -2.25. The number of alkyl halides is 3. The van der Waals surface area contributed by atoms with Gasteiger partial charge in [0.15, 0.2) is 0 Å². The quantitative estimate of drug-likeness (QED) is 0.669. The van der Waals surface area contributed by atoms with E-state index in [1.807, 2.05) is 6.92 Å². The monoisotopic (exact) mass is 212 g/mol. The normalized spacial score (nSPS) is 12.7. The summed E-state index contributed by atoms with van der Waals surface area (Å²) in [6.07, 6.45) is -2.88. The Labute approximate surface area is 81.4 Å². The molecule has 0 saturated heterocycles. The lowest BCUT2D eigenvalue weighted by atomic mass is 10.0.